The molecule has 3 aromatic heterocycles. The van der Waals surface area contributed by atoms with Gasteiger partial charge in [0.2, 0.25) is 5.91 Å². The minimum atomic E-state index is -0.0729. The molecule has 1 atom stereocenters. The first-order chi connectivity index (χ1) is 15.0. The zero-order valence-electron chi connectivity index (χ0n) is 18.2. The molecule has 1 fully saturated rings. The number of fused-ring (bicyclic) bond motifs is 2. The Labute approximate surface area is 185 Å². The van der Waals surface area contributed by atoms with Gasteiger partial charge in [0.15, 0.2) is 5.65 Å². The first kappa shape index (κ1) is 20.5. The molecule has 8 heteroatoms. The maximum atomic E-state index is 13.2. The van der Waals surface area contributed by atoms with Crippen LogP contribution in [0.4, 0.5) is 0 Å². The van der Waals surface area contributed by atoms with E-state index in [1.54, 1.807) is 9.42 Å². The predicted octanol–water partition coefficient (Wildman–Crippen LogP) is 3.41. The van der Waals surface area contributed by atoms with E-state index in [0.717, 1.165) is 30.9 Å². The van der Waals surface area contributed by atoms with Crippen molar-refractivity contribution in [3.8, 4) is 0 Å². The Morgan fingerprint density at radius 1 is 1.32 bits per heavy atom. The summed E-state index contributed by atoms with van der Waals surface area (Å²) in [7, 11) is 0. The summed E-state index contributed by atoms with van der Waals surface area (Å²) in [6.07, 6.45) is 4.56. The van der Waals surface area contributed by atoms with Crippen LogP contribution in [0.2, 0.25) is 0 Å². The molecule has 0 aromatic carbocycles. The molecule has 1 N–H and O–H groups in total. The largest absolute Gasteiger partial charge is 0.338 e. The van der Waals surface area contributed by atoms with Gasteiger partial charge >= 0.3 is 0 Å². The van der Waals surface area contributed by atoms with Gasteiger partial charge in [-0.05, 0) is 43.3 Å². The number of H-pyrrole nitrogens is 1. The van der Waals surface area contributed by atoms with Gasteiger partial charge < -0.3 is 4.90 Å². The van der Waals surface area contributed by atoms with Crippen molar-refractivity contribution in [3.05, 3.63) is 55.3 Å². The molecular weight excluding hydrogens is 410 g/mol. The summed E-state index contributed by atoms with van der Waals surface area (Å²) in [4.78, 5) is 35.9. The van der Waals surface area contributed by atoms with E-state index in [0.29, 0.717) is 37.1 Å². The molecule has 7 nitrogen and oxygen atoms in total. The van der Waals surface area contributed by atoms with E-state index in [-0.39, 0.29) is 17.5 Å². The van der Waals surface area contributed by atoms with Crippen LogP contribution < -0.4 is 5.56 Å². The number of aromatic nitrogens is 3. The van der Waals surface area contributed by atoms with E-state index in [4.69, 9.17) is 4.98 Å². The minimum absolute atomic E-state index is 0.0729. The highest BCUT2D eigenvalue weighted by molar-refractivity contribution is 7.10. The molecule has 31 heavy (non-hydrogen) atoms. The number of aryl methyl sites for hydroxylation is 1. The number of carbonyl (C=O) groups excluding carboxylic acids is 1. The summed E-state index contributed by atoms with van der Waals surface area (Å²) >= 11 is 1.82. The molecule has 2 aliphatic rings. The summed E-state index contributed by atoms with van der Waals surface area (Å²) in [6, 6.07) is 4.49. The number of rotatable bonds is 4. The lowest BCUT2D eigenvalue weighted by atomic mass is 9.99. The second-order valence-corrected chi connectivity index (χ2v) is 9.68. The molecule has 0 radical (unpaired) electrons. The highest BCUT2D eigenvalue weighted by Crippen LogP contribution is 2.33. The number of piperidine rings is 1. The van der Waals surface area contributed by atoms with Gasteiger partial charge in [0.05, 0.1) is 29.5 Å². The number of hydrogen-bond donors (Lipinski definition) is 1. The lowest BCUT2D eigenvalue weighted by Crippen LogP contribution is -2.40. The highest BCUT2D eigenvalue weighted by atomic mass is 32.1. The van der Waals surface area contributed by atoms with E-state index in [2.05, 4.69) is 34.4 Å². The smallest absolute Gasteiger partial charge is 0.277 e. The van der Waals surface area contributed by atoms with Crippen LogP contribution in [0.5, 0.6) is 0 Å². The standard InChI is InChI=1S/C23H29N5O2S/c1-3-22(29)27-10-7-17-16(13-27)23(30)28-21(24-17)12-18(25-28)19-6-4-5-9-26(19)14-20-15(2)8-11-31-20/h8,11-12,19,25H,3-7,9-10,13-14H2,1-2H3/t19-/m1/s1. The van der Waals surface area contributed by atoms with Crippen molar-refractivity contribution in [1.82, 2.24) is 24.4 Å². The normalized spacial score (nSPS) is 19.7. The van der Waals surface area contributed by atoms with Crippen LogP contribution in [-0.4, -0.2) is 43.4 Å². The van der Waals surface area contributed by atoms with Crippen molar-refractivity contribution < 1.29 is 4.79 Å². The molecule has 5 rings (SSSR count). The number of likely N-dealkylation sites (tertiary alicyclic amines) is 1. The fourth-order valence-corrected chi connectivity index (χ4v) is 5.82. The first-order valence-electron chi connectivity index (χ1n) is 11.2. The fraction of sp³-hybridized carbons (Fsp3) is 0.522. The second kappa shape index (κ2) is 8.24. The summed E-state index contributed by atoms with van der Waals surface area (Å²) in [6.45, 7) is 7.03. The quantitative estimate of drug-likeness (QED) is 0.676. The van der Waals surface area contributed by atoms with E-state index in [1.165, 1.54) is 23.3 Å². The van der Waals surface area contributed by atoms with E-state index in [9.17, 15) is 9.59 Å². The zero-order chi connectivity index (χ0) is 21.5. The molecule has 3 aromatic rings. The average Bonchev–Trinajstić information content (AvgIpc) is 3.40. The lowest BCUT2D eigenvalue weighted by Gasteiger charge is -2.34. The summed E-state index contributed by atoms with van der Waals surface area (Å²) in [5, 5.41) is 5.53. The van der Waals surface area contributed by atoms with Gasteiger partial charge in [-0.25, -0.2) is 9.50 Å². The molecule has 0 spiro atoms. The average molecular weight is 440 g/mol. The number of carbonyl (C=O) groups is 1. The molecule has 1 saturated heterocycles. The maximum Gasteiger partial charge on any atom is 0.277 e. The maximum absolute atomic E-state index is 13.2. The molecule has 2 aliphatic heterocycles. The van der Waals surface area contributed by atoms with Gasteiger partial charge in [0.25, 0.3) is 5.56 Å². The SMILES string of the molecule is CCC(=O)N1CCc2nc3cc([C@H]4CCCCN4Cc4sccc4C)[nH]n3c(=O)c2C1. The Balaban J connectivity index is 1.48. The van der Waals surface area contributed by atoms with E-state index in [1.807, 2.05) is 18.3 Å². The fourth-order valence-electron chi connectivity index (χ4n) is 4.89. The van der Waals surface area contributed by atoms with Crippen LogP contribution in [0.25, 0.3) is 5.65 Å². The van der Waals surface area contributed by atoms with E-state index >= 15 is 0 Å². The predicted molar refractivity (Wildman–Crippen MR) is 121 cm³/mol. The highest BCUT2D eigenvalue weighted by Gasteiger charge is 2.28. The molecule has 1 amide bonds. The minimum Gasteiger partial charge on any atom is -0.338 e. The van der Waals surface area contributed by atoms with Crippen LogP contribution >= 0.6 is 11.3 Å². The van der Waals surface area contributed by atoms with Crippen LogP contribution in [0.3, 0.4) is 0 Å². The lowest BCUT2D eigenvalue weighted by molar-refractivity contribution is -0.131. The van der Waals surface area contributed by atoms with Crippen LogP contribution in [0.15, 0.2) is 22.3 Å². The third kappa shape index (κ3) is 3.72. The number of aromatic amines is 1. The number of thiophene rings is 1. The van der Waals surface area contributed by atoms with Crippen molar-refractivity contribution in [3.63, 3.8) is 0 Å². The molecule has 0 unspecified atom stereocenters. The second-order valence-electron chi connectivity index (χ2n) is 8.67. The van der Waals surface area contributed by atoms with Crippen molar-refractivity contribution >= 4 is 22.9 Å². The van der Waals surface area contributed by atoms with Gasteiger partial charge in [-0.15, -0.1) is 11.3 Å². The summed E-state index contributed by atoms with van der Waals surface area (Å²) in [5.41, 5.74) is 4.51. The van der Waals surface area contributed by atoms with Gasteiger partial charge in [0.1, 0.15) is 0 Å². The number of nitrogens with one attached hydrogen (secondary N) is 1. The van der Waals surface area contributed by atoms with Crippen LogP contribution in [0, 0.1) is 6.92 Å². The summed E-state index contributed by atoms with van der Waals surface area (Å²) < 4.78 is 1.58. The van der Waals surface area contributed by atoms with Crippen LogP contribution in [-0.2, 0) is 24.3 Å². The Morgan fingerprint density at radius 3 is 2.97 bits per heavy atom. The molecular formula is C23H29N5O2S. The Kier molecular flexibility index (Phi) is 5.44. The van der Waals surface area contributed by atoms with Crippen molar-refractivity contribution in [2.75, 3.05) is 13.1 Å². The summed E-state index contributed by atoms with van der Waals surface area (Å²) in [5.74, 6) is 0.0871. The van der Waals surface area contributed by atoms with Gasteiger partial charge in [-0.3, -0.25) is 19.6 Å². The monoisotopic (exact) mass is 439 g/mol. The Bertz CT molecular complexity index is 1180. The molecule has 0 saturated carbocycles. The topological polar surface area (TPSA) is 73.7 Å². The molecule has 164 valence electrons. The van der Waals surface area contributed by atoms with Gasteiger partial charge in [0, 0.05) is 36.9 Å². The number of amides is 1. The van der Waals surface area contributed by atoms with E-state index < -0.39 is 0 Å². The molecule has 0 aliphatic carbocycles. The van der Waals surface area contributed by atoms with Crippen molar-refractivity contribution in [1.29, 1.82) is 0 Å². The Hall–Kier alpha value is -2.45. The zero-order valence-corrected chi connectivity index (χ0v) is 19.0. The first-order valence-corrected chi connectivity index (χ1v) is 12.1. The molecule has 0 bridgehead atoms. The van der Waals surface area contributed by atoms with Crippen LogP contribution in [0.1, 0.15) is 66.0 Å². The third-order valence-electron chi connectivity index (χ3n) is 6.72. The van der Waals surface area contributed by atoms with Gasteiger partial charge in [-0.1, -0.05) is 13.3 Å². The van der Waals surface area contributed by atoms with Crippen molar-refractivity contribution in [2.24, 2.45) is 0 Å². The number of nitrogens with zero attached hydrogens (tertiary/aromatic N) is 4. The third-order valence-corrected chi connectivity index (χ3v) is 7.73. The molecule has 5 heterocycles. The number of hydrogen-bond acceptors (Lipinski definition) is 5. The van der Waals surface area contributed by atoms with Gasteiger partial charge in [-0.2, -0.15) is 0 Å². The van der Waals surface area contributed by atoms with Crippen molar-refractivity contribution in [2.45, 2.75) is 65.1 Å². The Morgan fingerprint density at radius 2 is 2.19 bits per heavy atom.